The van der Waals surface area contributed by atoms with Gasteiger partial charge in [0.05, 0.1) is 0 Å². The van der Waals surface area contributed by atoms with Crippen LogP contribution in [0.1, 0.15) is 21.5 Å². The van der Waals surface area contributed by atoms with Crippen LogP contribution in [0.2, 0.25) is 0 Å². The number of carbonyl (C=O) groups excluding carboxylic acids is 1. The molecule has 0 spiro atoms. The molecule has 0 bridgehead atoms. The van der Waals surface area contributed by atoms with Crippen LogP contribution in [0.3, 0.4) is 0 Å². The molecule has 4 nitrogen and oxygen atoms in total. The molecule has 3 aromatic rings. The van der Waals surface area contributed by atoms with Crippen molar-refractivity contribution < 1.29 is 15.0 Å². The summed E-state index contributed by atoms with van der Waals surface area (Å²) in [7, 11) is 0. The fraction of sp³-hybridized carbons (Fsp3) is 0.0476. The van der Waals surface area contributed by atoms with Crippen LogP contribution >= 0.6 is 0 Å². The predicted octanol–water partition coefficient (Wildman–Crippen LogP) is 3.66. The van der Waals surface area contributed by atoms with E-state index in [4.69, 9.17) is 0 Å². The Bertz CT molecular complexity index is 1010. The summed E-state index contributed by atoms with van der Waals surface area (Å²) in [5, 5.41) is 19.4. The van der Waals surface area contributed by atoms with Crippen molar-refractivity contribution in [3.8, 4) is 22.6 Å². The van der Waals surface area contributed by atoms with Gasteiger partial charge in [0.1, 0.15) is 0 Å². The molecule has 3 aromatic carbocycles. The first kappa shape index (κ1) is 16.5. The average Bonchev–Trinajstić information content (AvgIpc) is 2.73. The van der Waals surface area contributed by atoms with Crippen LogP contribution in [-0.2, 0) is 0 Å². The van der Waals surface area contributed by atoms with Gasteiger partial charge < -0.3 is 10.2 Å². The van der Waals surface area contributed by atoms with Gasteiger partial charge in [0.15, 0.2) is 17.3 Å². The molecule has 0 aliphatic carbocycles. The zero-order valence-corrected chi connectivity index (χ0v) is 13.6. The standard InChI is InChI=1S/C21H16O4/c1-13-10-18(22)21(25)19(23)12-17(13)20(24)16-9-5-8-15(11-16)14-6-3-2-4-7-14/h2-12H,1H3,(H2,22,23,25). The lowest BCUT2D eigenvalue weighted by Crippen LogP contribution is -2.03. The Morgan fingerprint density at radius 2 is 1.44 bits per heavy atom. The molecule has 124 valence electrons. The second kappa shape index (κ2) is 6.61. The molecule has 0 amide bonds. The molecule has 0 radical (unpaired) electrons. The molecule has 0 saturated carbocycles. The van der Waals surface area contributed by atoms with Crippen LogP contribution in [0.5, 0.6) is 11.5 Å². The molecule has 0 aromatic heterocycles. The summed E-state index contributed by atoms with van der Waals surface area (Å²) >= 11 is 0. The Kier molecular flexibility index (Phi) is 4.35. The fourth-order valence-electron chi connectivity index (χ4n) is 2.67. The number of rotatable bonds is 3. The number of hydrogen-bond acceptors (Lipinski definition) is 4. The minimum absolute atomic E-state index is 0.167. The summed E-state index contributed by atoms with van der Waals surface area (Å²) in [6, 6.07) is 19.1. The van der Waals surface area contributed by atoms with E-state index in [0.717, 1.165) is 17.2 Å². The van der Waals surface area contributed by atoms with E-state index in [0.29, 0.717) is 11.1 Å². The molecule has 0 aliphatic rings. The second-order valence-electron chi connectivity index (χ2n) is 5.76. The number of hydrogen-bond donors (Lipinski definition) is 2. The lowest BCUT2D eigenvalue weighted by molar-refractivity contribution is 0.103. The van der Waals surface area contributed by atoms with E-state index >= 15 is 0 Å². The average molecular weight is 332 g/mol. The van der Waals surface area contributed by atoms with Crippen molar-refractivity contribution in [2.24, 2.45) is 0 Å². The van der Waals surface area contributed by atoms with E-state index in [-0.39, 0.29) is 11.3 Å². The molecule has 0 heterocycles. The van der Waals surface area contributed by atoms with Gasteiger partial charge in [0, 0.05) is 11.1 Å². The summed E-state index contributed by atoms with van der Waals surface area (Å²) in [5.74, 6) is -1.58. The number of aromatic hydroxyl groups is 2. The Hall–Kier alpha value is -3.40. The van der Waals surface area contributed by atoms with Gasteiger partial charge in [-0.1, -0.05) is 48.5 Å². The van der Waals surface area contributed by atoms with E-state index < -0.39 is 16.9 Å². The molecule has 0 atom stereocenters. The molecule has 0 aliphatic heterocycles. The maximum absolute atomic E-state index is 12.9. The Morgan fingerprint density at radius 3 is 2.16 bits per heavy atom. The minimum atomic E-state index is -0.903. The Balaban J connectivity index is 2.10. The molecule has 0 fully saturated rings. The van der Waals surface area contributed by atoms with Crippen LogP contribution in [0.25, 0.3) is 11.1 Å². The monoisotopic (exact) mass is 332 g/mol. The summed E-state index contributed by atoms with van der Waals surface area (Å²) in [6.45, 7) is 1.60. The van der Waals surface area contributed by atoms with Gasteiger partial charge in [-0.2, -0.15) is 0 Å². The van der Waals surface area contributed by atoms with Gasteiger partial charge in [0.25, 0.3) is 5.43 Å². The summed E-state index contributed by atoms with van der Waals surface area (Å²) in [6.07, 6.45) is 0. The zero-order chi connectivity index (χ0) is 18.0. The van der Waals surface area contributed by atoms with Crippen molar-refractivity contribution in [3.05, 3.63) is 93.6 Å². The topological polar surface area (TPSA) is 74.6 Å². The largest absolute Gasteiger partial charge is 0.504 e. The summed E-state index contributed by atoms with van der Waals surface area (Å²) < 4.78 is 0. The number of ketones is 1. The highest BCUT2D eigenvalue weighted by molar-refractivity contribution is 6.10. The third-order valence-electron chi connectivity index (χ3n) is 4.00. The SMILES string of the molecule is Cc1cc(O)c(=O)c(O)cc1C(=O)c1cccc(-c2ccccc2)c1. The molecule has 2 N–H and O–H groups in total. The minimum Gasteiger partial charge on any atom is -0.504 e. The van der Waals surface area contributed by atoms with E-state index in [1.54, 1.807) is 25.1 Å². The van der Waals surface area contributed by atoms with Crippen LogP contribution in [0.15, 0.2) is 71.5 Å². The molecule has 25 heavy (non-hydrogen) atoms. The van der Waals surface area contributed by atoms with E-state index in [1.807, 2.05) is 36.4 Å². The maximum atomic E-state index is 12.9. The third kappa shape index (κ3) is 3.28. The second-order valence-corrected chi connectivity index (χ2v) is 5.76. The van der Waals surface area contributed by atoms with E-state index in [1.165, 1.54) is 6.07 Å². The van der Waals surface area contributed by atoms with Crippen LogP contribution < -0.4 is 5.43 Å². The van der Waals surface area contributed by atoms with Crippen LogP contribution in [0, 0.1) is 6.92 Å². The molecular formula is C21H16O4. The Morgan fingerprint density at radius 1 is 0.800 bits per heavy atom. The van der Waals surface area contributed by atoms with E-state index in [2.05, 4.69) is 0 Å². The van der Waals surface area contributed by atoms with E-state index in [9.17, 15) is 19.8 Å². The van der Waals surface area contributed by atoms with Crippen molar-refractivity contribution in [3.63, 3.8) is 0 Å². The molecule has 0 unspecified atom stereocenters. The number of aryl methyl sites for hydroxylation is 1. The normalized spacial score (nSPS) is 10.4. The van der Waals surface area contributed by atoms with Crippen LogP contribution in [0.4, 0.5) is 0 Å². The first-order valence-corrected chi connectivity index (χ1v) is 7.74. The van der Waals surface area contributed by atoms with Gasteiger partial charge in [-0.3, -0.25) is 9.59 Å². The summed E-state index contributed by atoms with van der Waals surface area (Å²) in [5.41, 5.74) is 1.98. The highest BCUT2D eigenvalue weighted by atomic mass is 16.3. The van der Waals surface area contributed by atoms with Crippen molar-refractivity contribution in [1.82, 2.24) is 0 Å². The Labute approximate surface area is 144 Å². The van der Waals surface area contributed by atoms with Crippen molar-refractivity contribution in [1.29, 1.82) is 0 Å². The highest BCUT2D eigenvalue weighted by Gasteiger charge is 2.15. The van der Waals surface area contributed by atoms with Crippen molar-refractivity contribution in [2.45, 2.75) is 6.92 Å². The van der Waals surface area contributed by atoms with Gasteiger partial charge in [-0.25, -0.2) is 0 Å². The third-order valence-corrected chi connectivity index (χ3v) is 4.00. The maximum Gasteiger partial charge on any atom is 0.261 e. The zero-order valence-electron chi connectivity index (χ0n) is 13.6. The van der Waals surface area contributed by atoms with Gasteiger partial charge in [-0.15, -0.1) is 0 Å². The first-order valence-electron chi connectivity index (χ1n) is 7.74. The number of carbonyl (C=O) groups is 1. The lowest BCUT2D eigenvalue weighted by Gasteiger charge is -2.06. The molecular weight excluding hydrogens is 316 g/mol. The fourth-order valence-corrected chi connectivity index (χ4v) is 2.67. The first-order chi connectivity index (χ1) is 12.0. The quantitative estimate of drug-likeness (QED) is 0.718. The van der Waals surface area contributed by atoms with Gasteiger partial charge >= 0.3 is 0 Å². The predicted molar refractivity (Wildman–Crippen MR) is 96.1 cm³/mol. The van der Waals surface area contributed by atoms with Crippen molar-refractivity contribution >= 4 is 5.78 Å². The molecule has 3 rings (SSSR count). The molecule has 0 saturated heterocycles. The van der Waals surface area contributed by atoms with Crippen molar-refractivity contribution in [2.75, 3.05) is 0 Å². The highest BCUT2D eigenvalue weighted by Crippen LogP contribution is 2.23. The van der Waals surface area contributed by atoms with Crippen LogP contribution in [-0.4, -0.2) is 16.0 Å². The molecule has 4 heteroatoms. The van der Waals surface area contributed by atoms with Gasteiger partial charge in [-0.05, 0) is 41.8 Å². The smallest absolute Gasteiger partial charge is 0.261 e. The lowest BCUT2D eigenvalue weighted by atomic mass is 9.97. The van der Waals surface area contributed by atoms with Gasteiger partial charge in [0.2, 0.25) is 0 Å². The summed E-state index contributed by atoms with van der Waals surface area (Å²) in [4.78, 5) is 24.5. The number of benzene rings is 2.